The summed E-state index contributed by atoms with van der Waals surface area (Å²) in [5.41, 5.74) is 19.0. The number of anilines is 2. The van der Waals surface area contributed by atoms with Gasteiger partial charge in [0.05, 0.1) is 36.9 Å². The van der Waals surface area contributed by atoms with Gasteiger partial charge >= 0.3 is 17.0 Å². The van der Waals surface area contributed by atoms with Crippen molar-refractivity contribution >= 4 is 169 Å². The number of rotatable bonds is 4. The molecule has 6 aromatic rings. The molecule has 0 spiro atoms. The number of nitrogen functional groups attached to an aromatic ring is 2. The largest absolute Gasteiger partial charge is 0.398 e. The van der Waals surface area contributed by atoms with Gasteiger partial charge in [0.1, 0.15) is 0 Å². The summed E-state index contributed by atoms with van der Waals surface area (Å²) in [4.78, 5) is 71.0. The first-order chi connectivity index (χ1) is 32.9. The quantitative estimate of drug-likeness (QED) is 0.0631. The zero-order valence-electron chi connectivity index (χ0n) is 37.8. The smallest absolute Gasteiger partial charge is 0.373 e. The molecule has 2 aromatic heterocycles. The molecule has 4 aliphatic rings. The van der Waals surface area contributed by atoms with E-state index in [-0.39, 0.29) is 53.7 Å². The van der Waals surface area contributed by atoms with Crippen LogP contribution in [-0.2, 0) is 14.2 Å². The second-order valence-corrected chi connectivity index (χ2v) is 25.1. The predicted molar refractivity (Wildman–Crippen MR) is 295 cm³/mol. The van der Waals surface area contributed by atoms with Crippen LogP contribution in [-0.4, -0.2) is 47.1 Å². The number of para-hydroxylation sites is 4. The molecule has 0 atom stereocenters. The Labute approximate surface area is 451 Å². The van der Waals surface area contributed by atoms with Crippen molar-refractivity contribution in [3.8, 4) is 0 Å². The Bertz CT molecular complexity index is 2980. The third-order valence-electron chi connectivity index (χ3n) is 9.31. The van der Waals surface area contributed by atoms with E-state index in [0.29, 0.717) is 45.1 Å². The summed E-state index contributed by atoms with van der Waals surface area (Å²) in [5, 5.41) is 1.13. The maximum Gasteiger partial charge on any atom is 0.373 e. The van der Waals surface area contributed by atoms with Crippen molar-refractivity contribution in [2.75, 3.05) is 11.5 Å². The van der Waals surface area contributed by atoms with Gasteiger partial charge in [0.2, 0.25) is 5.28 Å². The highest BCUT2D eigenvalue weighted by Gasteiger charge is 2.29. The molecule has 4 saturated carbocycles. The molecule has 4 aromatic carbocycles. The first-order valence-corrected chi connectivity index (χ1v) is 27.7. The van der Waals surface area contributed by atoms with Gasteiger partial charge in [-0.05, 0) is 209 Å². The number of nitrogens with one attached hydrogen (secondary N) is 2. The van der Waals surface area contributed by atoms with Gasteiger partial charge in [-0.2, -0.15) is 19.3 Å². The van der Waals surface area contributed by atoms with Crippen molar-refractivity contribution in [3.63, 3.8) is 0 Å². The lowest BCUT2D eigenvalue weighted by Crippen LogP contribution is -2.34. The number of H-pyrrole nitrogens is 1. The second-order valence-electron chi connectivity index (χ2n) is 14.7. The Morgan fingerprint density at radius 2 is 1.22 bits per heavy atom. The molecule has 8 N–H and O–H groups in total. The Morgan fingerprint density at radius 3 is 1.71 bits per heavy atom. The van der Waals surface area contributed by atoms with Crippen LogP contribution in [0, 0.1) is 0 Å². The molecule has 0 aliphatic heterocycles. The van der Waals surface area contributed by atoms with Crippen LogP contribution in [0.2, 0.25) is 5.28 Å². The topological polar surface area (TPSA) is 248 Å². The molecular weight excluding hydrogens is 1260 g/mol. The number of fused-ring (bicyclic) bond motifs is 2. The fourth-order valence-corrected chi connectivity index (χ4v) is 7.36. The highest BCUT2D eigenvalue weighted by atomic mass is 79.9. The van der Waals surface area contributed by atoms with Gasteiger partial charge in [-0.1, -0.05) is 37.8 Å². The van der Waals surface area contributed by atoms with E-state index in [4.69, 9.17) is 42.2 Å². The first kappa shape index (κ1) is 56.0. The van der Waals surface area contributed by atoms with Gasteiger partial charge in [0.25, 0.3) is 17.0 Å². The van der Waals surface area contributed by atoms with Crippen molar-refractivity contribution in [1.29, 1.82) is 3.84 Å². The normalized spacial score (nSPS) is 14.6. The molecule has 68 heavy (non-hydrogen) atoms. The molecule has 10 rings (SSSR count). The summed E-state index contributed by atoms with van der Waals surface area (Å²) in [5.74, 6) is -0.0775. The maximum atomic E-state index is 12.2. The Morgan fingerprint density at radius 1 is 0.765 bits per heavy atom. The number of hydrogen-bond acceptors (Lipinski definition) is 11. The van der Waals surface area contributed by atoms with Gasteiger partial charge in [-0.3, -0.25) is 28.1 Å². The number of halogens is 8. The van der Waals surface area contributed by atoms with Crippen LogP contribution in [0.3, 0.4) is 0 Å². The van der Waals surface area contributed by atoms with Crippen molar-refractivity contribution in [3.05, 3.63) is 139 Å². The van der Waals surface area contributed by atoms with Crippen LogP contribution >= 0.6 is 124 Å². The van der Waals surface area contributed by atoms with Crippen molar-refractivity contribution < 1.29 is 18.9 Å². The van der Waals surface area contributed by atoms with Gasteiger partial charge in [-0.15, -0.1) is 0 Å². The second kappa shape index (κ2) is 28.8. The number of amides is 1. The summed E-state index contributed by atoms with van der Waals surface area (Å²) in [6, 6.07) is 25.1. The van der Waals surface area contributed by atoms with Crippen LogP contribution in [0.25, 0.3) is 21.8 Å². The minimum absolute atomic E-state index is 0. The average Bonchev–Trinajstić information content (AvgIpc) is 4.02. The number of aromatic nitrogens is 4. The molecular formula is C43H48Br4Cl4N8O7P2. The Kier molecular flexibility index (Phi) is 23.8. The molecule has 2 heterocycles. The Hall–Kier alpha value is -2.89. The number of hydrogen-bond donors (Lipinski definition) is 5. The number of benzene rings is 4. The molecule has 4 fully saturated rings. The third kappa shape index (κ3) is 20.1. The zero-order chi connectivity index (χ0) is 52.5. The lowest BCUT2D eigenvalue weighted by Gasteiger charge is -2.08. The van der Waals surface area contributed by atoms with Gasteiger partial charge in [0, 0.05) is 47.7 Å². The van der Waals surface area contributed by atoms with Gasteiger partial charge < -0.3 is 27.5 Å². The van der Waals surface area contributed by atoms with E-state index in [9.17, 15) is 23.7 Å². The van der Waals surface area contributed by atoms with Crippen molar-refractivity contribution in [2.24, 2.45) is 5.73 Å². The fourth-order valence-electron chi connectivity index (χ4n) is 5.49. The van der Waals surface area contributed by atoms with Crippen molar-refractivity contribution in [1.82, 2.24) is 24.4 Å². The highest BCUT2D eigenvalue weighted by Crippen LogP contribution is 2.61. The zero-order valence-corrected chi connectivity index (χ0v) is 46.0. The number of nitrogens with zero attached hydrogens (tertiary/aromatic N) is 3. The standard InChI is InChI=1S/C11H8BrClN2O.C11H9BrN2O2.C10H11BrN2O.C6H6BrN.C3H7N.CO2.CH4.Cl3OP.H3P/c12-8-3-1-2-7-9(8)14-11(13)15(10(7)16)6-4-5-6;12-8-3-1-2-7-9(8)13-11(16)14(10(7)15)6-4-5-6;11-8-3-1-2-7(9(8)12)10(14)13-6-4-5-6;7-5-3-1-2-4-6(5)8;4-3-1-2-3;2-1-3;;1-5(2,3)4;/h1-3,6H,4-5H2;1-3,6H,4-5H2,(H,13,16);1-3,6H,4-5,12H2,(H,13,14);1-4H,8H2;3H,1-2,4H2;;1H4;;1H3/i;;;;;;;;1T3. The minimum Gasteiger partial charge on any atom is -0.398 e. The number of nitrogens with two attached hydrogens (primary N) is 3. The minimum atomic E-state index is -3.22. The number of carbonyl (C=O) groups excluding carboxylic acids is 3. The lowest BCUT2D eigenvalue weighted by molar-refractivity contribution is -0.191. The molecule has 1 amide bonds. The van der Waals surface area contributed by atoms with Crippen molar-refractivity contribution in [2.45, 2.75) is 83.0 Å². The molecule has 368 valence electrons. The molecule has 0 unspecified atom stereocenters. The van der Waals surface area contributed by atoms with E-state index in [0.717, 1.165) is 62.1 Å². The van der Waals surface area contributed by atoms with E-state index in [2.05, 4.69) is 113 Å². The summed E-state index contributed by atoms with van der Waals surface area (Å²) >= 11 is 33.2. The van der Waals surface area contributed by atoms with Gasteiger partial charge in [-0.25, -0.2) is 9.78 Å². The van der Waals surface area contributed by atoms with Crippen LogP contribution in [0.5, 0.6) is 0 Å². The molecule has 0 radical (unpaired) electrons. The van der Waals surface area contributed by atoms with Crippen LogP contribution in [0.15, 0.2) is 111 Å². The lowest BCUT2D eigenvalue weighted by atomic mass is 10.1. The van der Waals surface area contributed by atoms with E-state index < -0.39 is 14.9 Å². The average molecular weight is 1320 g/mol. The molecule has 0 saturated heterocycles. The summed E-state index contributed by atoms with van der Waals surface area (Å²) < 4.78 is 33.6. The monoisotopic (exact) mass is 1310 g/mol. The van der Waals surface area contributed by atoms with Crippen LogP contribution in [0.4, 0.5) is 11.4 Å². The highest BCUT2D eigenvalue weighted by molar-refractivity contribution is 9.11. The SMILES string of the molecule is C.NC1CC1.Nc1c(Br)cccc1C(=O)NC1CC1.Nc1ccccc1Br.O=C=O.O=P(Cl)(Cl)Cl.O=c1[nH]c2c(Br)cccc2c(=O)n1C1CC1.O=c1c2cccc(Br)c2nc(Cl)n1C1CC1.[3H]P([3H])[3H]. The number of carbonyl (C=O) groups is 1. The molecule has 25 heteroatoms. The van der Waals surface area contributed by atoms with E-state index >= 15 is 0 Å². The molecule has 15 nitrogen and oxygen atoms in total. The first-order valence-electron chi connectivity index (χ1n) is 21.1. The van der Waals surface area contributed by atoms with E-state index in [1.807, 2.05) is 48.5 Å². The number of aromatic amines is 1. The predicted octanol–water partition coefficient (Wildman–Crippen LogP) is 11.9. The van der Waals surface area contributed by atoms with E-state index in [1.165, 1.54) is 17.4 Å². The van der Waals surface area contributed by atoms with E-state index in [1.54, 1.807) is 34.9 Å². The fraction of sp³-hybridized carbons (Fsp3) is 0.302. The van der Waals surface area contributed by atoms with Crippen LogP contribution in [0.1, 0.15) is 81.2 Å². The summed E-state index contributed by atoms with van der Waals surface area (Å²) in [7, 11) is -1.87. The summed E-state index contributed by atoms with van der Waals surface area (Å²) in [6.45, 7) is 0. The Balaban J connectivity index is 0.000000297. The van der Waals surface area contributed by atoms with Gasteiger partial charge in [0.15, 0.2) is 0 Å². The summed E-state index contributed by atoms with van der Waals surface area (Å²) in [6.07, 6.45) is 8.81. The molecule has 0 bridgehead atoms. The third-order valence-corrected chi connectivity index (χ3v) is 12.3. The maximum absolute atomic E-state index is 12.2. The molecule has 4 aliphatic carbocycles. The van der Waals surface area contributed by atoms with Crippen LogP contribution < -0.4 is 39.3 Å².